The first kappa shape index (κ1) is 17.3. The molecule has 1 atom stereocenters. The quantitative estimate of drug-likeness (QED) is 0.871. The Morgan fingerprint density at radius 2 is 1.79 bits per heavy atom. The number of fused-ring (bicyclic) bond motifs is 4. The average molecular weight is 385 g/mol. The molecule has 0 saturated heterocycles. The molecule has 5 rings (SSSR count). The molecule has 2 aliphatic heterocycles. The molecule has 0 radical (unpaired) electrons. The smallest absolute Gasteiger partial charge is 0.231 e. The van der Waals surface area contributed by atoms with Crippen LogP contribution >= 0.6 is 0 Å². The van der Waals surface area contributed by atoms with Crippen LogP contribution in [0.4, 0.5) is 0 Å². The van der Waals surface area contributed by atoms with Crippen molar-refractivity contribution in [3.63, 3.8) is 0 Å². The van der Waals surface area contributed by atoms with E-state index in [9.17, 15) is 5.11 Å². The van der Waals surface area contributed by atoms with Gasteiger partial charge >= 0.3 is 0 Å². The van der Waals surface area contributed by atoms with Gasteiger partial charge in [0, 0.05) is 29.3 Å². The van der Waals surface area contributed by atoms with Crippen LogP contribution in [0.25, 0.3) is 11.1 Å². The minimum absolute atomic E-state index is 0.110. The van der Waals surface area contributed by atoms with Gasteiger partial charge in [-0.25, -0.2) is 0 Å². The van der Waals surface area contributed by atoms with E-state index in [1.165, 1.54) is 12.7 Å². The van der Waals surface area contributed by atoms with Gasteiger partial charge in [0.05, 0.1) is 21.3 Å². The third-order valence-electron chi connectivity index (χ3n) is 6.11. The maximum absolute atomic E-state index is 11.0. The van der Waals surface area contributed by atoms with E-state index in [-0.39, 0.29) is 18.6 Å². The predicted molar refractivity (Wildman–Crippen MR) is 102 cm³/mol. The molecule has 0 saturated carbocycles. The summed E-state index contributed by atoms with van der Waals surface area (Å²) in [6, 6.07) is 2.03. The van der Waals surface area contributed by atoms with Crippen LogP contribution in [0.2, 0.25) is 0 Å². The Morgan fingerprint density at radius 3 is 2.50 bits per heavy atom. The Balaban J connectivity index is 1.90. The van der Waals surface area contributed by atoms with Crippen molar-refractivity contribution in [3.8, 4) is 45.6 Å². The summed E-state index contributed by atoms with van der Waals surface area (Å²) in [7, 11) is 6.88. The Labute approximate surface area is 163 Å². The second-order valence-corrected chi connectivity index (χ2v) is 7.30. The lowest BCUT2D eigenvalue weighted by Crippen LogP contribution is -2.36. The van der Waals surface area contributed by atoms with E-state index in [0.29, 0.717) is 29.4 Å². The fraction of sp³-hybridized carbons (Fsp3) is 0.429. The van der Waals surface area contributed by atoms with E-state index in [2.05, 4.69) is 11.9 Å². The van der Waals surface area contributed by atoms with Crippen molar-refractivity contribution in [2.75, 3.05) is 41.7 Å². The third-order valence-corrected chi connectivity index (χ3v) is 6.11. The van der Waals surface area contributed by atoms with E-state index in [1.807, 2.05) is 6.07 Å². The van der Waals surface area contributed by atoms with Gasteiger partial charge < -0.3 is 28.8 Å². The average Bonchev–Trinajstić information content (AvgIpc) is 3.19. The Bertz CT molecular complexity index is 986. The zero-order chi connectivity index (χ0) is 19.6. The van der Waals surface area contributed by atoms with Crippen molar-refractivity contribution in [2.24, 2.45) is 0 Å². The van der Waals surface area contributed by atoms with Crippen LogP contribution in [-0.4, -0.2) is 51.7 Å². The second-order valence-electron chi connectivity index (χ2n) is 7.30. The molecule has 148 valence electrons. The second kappa shape index (κ2) is 6.10. The first-order chi connectivity index (χ1) is 13.6. The zero-order valence-corrected chi connectivity index (χ0v) is 16.4. The summed E-state index contributed by atoms with van der Waals surface area (Å²) in [4.78, 5) is 2.31. The van der Waals surface area contributed by atoms with E-state index in [0.717, 1.165) is 41.0 Å². The minimum atomic E-state index is 0.110. The number of rotatable bonds is 3. The number of phenols is 1. The van der Waals surface area contributed by atoms with Crippen LogP contribution in [0.5, 0.6) is 34.5 Å². The molecule has 28 heavy (non-hydrogen) atoms. The van der Waals surface area contributed by atoms with Crippen LogP contribution in [0.3, 0.4) is 0 Å². The molecule has 1 N–H and O–H groups in total. The topological polar surface area (TPSA) is 69.6 Å². The summed E-state index contributed by atoms with van der Waals surface area (Å²) >= 11 is 0. The van der Waals surface area contributed by atoms with Gasteiger partial charge in [0.2, 0.25) is 18.3 Å². The molecular formula is C21H23NO6. The van der Waals surface area contributed by atoms with Gasteiger partial charge in [0.1, 0.15) is 0 Å². The molecule has 0 aromatic heterocycles. The summed E-state index contributed by atoms with van der Waals surface area (Å²) in [5, 5.41) is 11.0. The molecular weight excluding hydrogens is 362 g/mol. The van der Waals surface area contributed by atoms with Crippen LogP contribution in [0.1, 0.15) is 22.7 Å². The van der Waals surface area contributed by atoms with Gasteiger partial charge in [0.15, 0.2) is 23.0 Å². The highest BCUT2D eigenvalue weighted by molar-refractivity contribution is 5.89. The number of benzene rings is 2. The summed E-state index contributed by atoms with van der Waals surface area (Å²) in [6.07, 6.45) is 1.53. The van der Waals surface area contributed by atoms with E-state index in [4.69, 9.17) is 23.7 Å². The maximum atomic E-state index is 11.0. The van der Waals surface area contributed by atoms with Crippen molar-refractivity contribution in [1.29, 1.82) is 0 Å². The van der Waals surface area contributed by atoms with E-state index >= 15 is 0 Å². The first-order valence-electron chi connectivity index (χ1n) is 9.30. The number of phenolic OH excluding ortho intramolecular Hbond substituents is 1. The SMILES string of the molecule is COc1cc2c(c(O)c1OC)C[C@H]1c3c(c(OC)c4c(c3-2)OCO4)CCN1C. The Morgan fingerprint density at radius 1 is 1.04 bits per heavy atom. The monoisotopic (exact) mass is 385 g/mol. The molecule has 0 amide bonds. The van der Waals surface area contributed by atoms with E-state index in [1.54, 1.807) is 14.2 Å². The number of methoxy groups -OCH3 is 3. The lowest BCUT2D eigenvalue weighted by Gasteiger charge is -2.40. The Hall–Kier alpha value is -2.80. The zero-order valence-electron chi connectivity index (χ0n) is 16.4. The third kappa shape index (κ3) is 2.08. The normalized spacial score (nSPS) is 19.1. The maximum Gasteiger partial charge on any atom is 0.231 e. The molecule has 7 nitrogen and oxygen atoms in total. The molecule has 2 heterocycles. The molecule has 0 bridgehead atoms. The summed E-state index contributed by atoms with van der Waals surface area (Å²) in [5.74, 6) is 3.03. The molecule has 0 spiro atoms. The molecule has 1 aliphatic carbocycles. The van der Waals surface area contributed by atoms with Crippen molar-refractivity contribution >= 4 is 0 Å². The van der Waals surface area contributed by atoms with Crippen molar-refractivity contribution in [2.45, 2.75) is 18.9 Å². The molecule has 2 aromatic rings. The van der Waals surface area contributed by atoms with Crippen molar-refractivity contribution < 1.29 is 28.8 Å². The summed E-state index contributed by atoms with van der Waals surface area (Å²) in [5.41, 5.74) is 5.02. The van der Waals surface area contributed by atoms with Crippen LogP contribution in [-0.2, 0) is 12.8 Å². The fourth-order valence-electron chi connectivity index (χ4n) is 4.82. The molecule has 3 aliphatic rings. The van der Waals surface area contributed by atoms with Gasteiger partial charge in [-0.2, -0.15) is 0 Å². The van der Waals surface area contributed by atoms with Crippen molar-refractivity contribution in [1.82, 2.24) is 4.90 Å². The minimum Gasteiger partial charge on any atom is -0.504 e. The molecule has 0 unspecified atom stereocenters. The number of nitrogens with zero attached hydrogens (tertiary/aromatic N) is 1. The number of hydrogen-bond acceptors (Lipinski definition) is 7. The highest BCUT2D eigenvalue weighted by Crippen LogP contribution is 2.60. The van der Waals surface area contributed by atoms with Gasteiger partial charge in [-0.3, -0.25) is 4.90 Å². The van der Waals surface area contributed by atoms with Gasteiger partial charge in [-0.15, -0.1) is 0 Å². The lowest BCUT2D eigenvalue weighted by atomic mass is 9.75. The number of hydrogen-bond donors (Lipinski definition) is 1. The number of likely N-dealkylation sites (N-methyl/N-ethyl adjacent to an activating group) is 1. The van der Waals surface area contributed by atoms with Gasteiger partial charge in [0.25, 0.3) is 0 Å². The number of aromatic hydroxyl groups is 1. The van der Waals surface area contributed by atoms with Crippen LogP contribution in [0.15, 0.2) is 6.07 Å². The lowest BCUT2D eigenvalue weighted by molar-refractivity contribution is 0.171. The van der Waals surface area contributed by atoms with Crippen molar-refractivity contribution in [3.05, 3.63) is 22.8 Å². The summed E-state index contributed by atoms with van der Waals surface area (Å²) < 4.78 is 28.3. The number of ether oxygens (including phenoxy) is 5. The predicted octanol–water partition coefficient (Wildman–Crippen LogP) is 2.90. The van der Waals surface area contributed by atoms with E-state index < -0.39 is 0 Å². The van der Waals surface area contributed by atoms with Crippen LogP contribution in [0, 0.1) is 0 Å². The fourth-order valence-corrected chi connectivity index (χ4v) is 4.82. The van der Waals surface area contributed by atoms with Gasteiger partial charge in [-0.1, -0.05) is 0 Å². The highest BCUT2D eigenvalue weighted by atomic mass is 16.7. The summed E-state index contributed by atoms with van der Waals surface area (Å²) in [6.45, 7) is 1.05. The van der Waals surface area contributed by atoms with Gasteiger partial charge in [-0.05, 0) is 37.1 Å². The first-order valence-corrected chi connectivity index (χ1v) is 9.30. The van der Waals surface area contributed by atoms with Crippen LogP contribution < -0.4 is 23.7 Å². The largest absolute Gasteiger partial charge is 0.504 e. The standard InChI is InChI=1S/C21H23NO6/c1-22-6-5-10-15-13(22)7-12-11(8-14(24-2)19(26-4)17(12)23)16(15)20-21(18(10)25-3)28-9-27-20/h8,13,23H,5-7,9H2,1-4H3/t13-/m0/s1. The molecule has 7 heteroatoms. The molecule has 2 aromatic carbocycles. The Kier molecular flexibility index (Phi) is 3.77. The molecule has 0 fully saturated rings. The highest BCUT2D eigenvalue weighted by Gasteiger charge is 2.42.